The lowest BCUT2D eigenvalue weighted by Crippen LogP contribution is -2.56. The molecule has 15 heavy (non-hydrogen) atoms. The summed E-state index contributed by atoms with van der Waals surface area (Å²) in [7, 11) is 0. The van der Waals surface area contributed by atoms with E-state index < -0.39 is 23.7 Å². The maximum Gasteiger partial charge on any atom is 0.389 e. The van der Waals surface area contributed by atoms with Gasteiger partial charge in [-0.15, -0.1) is 0 Å². The Hall–Kier alpha value is -0.290. The van der Waals surface area contributed by atoms with Gasteiger partial charge in [0.2, 0.25) is 0 Å². The van der Waals surface area contributed by atoms with Crippen LogP contribution in [0.25, 0.3) is 0 Å². The van der Waals surface area contributed by atoms with Crippen LogP contribution in [0.5, 0.6) is 0 Å². The van der Waals surface area contributed by atoms with Gasteiger partial charge in [0.1, 0.15) is 0 Å². The molecule has 0 aromatic carbocycles. The minimum atomic E-state index is -4.10. The molecule has 0 saturated carbocycles. The van der Waals surface area contributed by atoms with Crippen LogP contribution < -0.4 is 5.32 Å². The second-order valence-electron chi connectivity index (χ2n) is 4.83. The number of nitrogens with one attached hydrogen (secondary N) is 1. The molecule has 2 nitrogen and oxygen atoms in total. The van der Waals surface area contributed by atoms with Gasteiger partial charge in [-0.2, -0.15) is 13.2 Å². The largest absolute Gasteiger partial charge is 0.389 e. The highest BCUT2D eigenvalue weighted by Gasteiger charge is 2.34. The molecule has 0 aliphatic heterocycles. The van der Waals surface area contributed by atoms with Crippen molar-refractivity contribution in [3.8, 4) is 0 Å². The first-order valence-corrected chi connectivity index (χ1v) is 5.00. The first-order valence-electron chi connectivity index (χ1n) is 5.00. The Labute approximate surface area is 88.9 Å². The highest BCUT2D eigenvalue weighted by atomic mass is 19.4. The fraction of sp³-hybridized carbons (Fsp3) is 1.00. The van der Waals surface area contributed by atoms with E-state index in [-0.39, 0.29) is 13.0 Å². The molecule has 0 fully saturated rings. The predicted octanol–water partition coefficient (Wildman–Crippen LogP) is 2.47. The van der Waals surface area contributed by atoms with E-state index in [1.165, 1.54) is 0 Å². The van der Waals surface area contributed by atoms with Gasteiger partial charge >= 0.3 is 6.18 Å². The molecule has 0 radical (unpaired) electrons. The molecule has 0 heterocycles. The topological polar surface area (TPSA) is 32.3 Å². The molecule has 0 saturated heterocycles. The van der Waals surface area contributed by atoms with E-state index in [1.54, 1.807) is 27.7 Å². The van der Waals surface area contributed by atoms with E-state index >= 15 is 0 Å². The summed E-state index contributed by atoms with van der Waals surface area (Å²) >= 11 is 0. The maximum absolute atomic E-state index is 11.8. The van der Waals surface area contributed by atoms with Crippen LogP contribution in [-0.2, 0) is 0 Å². The minimum Gasteiger partial charge on any atom is -0.389 e. The van der Waals surface area contributed by atoms with Crippen molar-refractivity contribution in [2.24, 2.45) is 0 Å². The first-order chi connectivity index (χ1) is 6.46. The van der Waals surface area contributed by atoms with Gasteiger partial charge in [-0.3, -0.25) is 0 Å². The Morgan fingerprint density at radius 1 is 1.07 bits per heavy atom. The highest BCUT2D eigenvalue weighted by molar-refractivity contribution is 4.93. The minimum absolute atomic E-state index is 0.0308. The Morgan fingerprint density at radius 3 is 1.87 bits per heavy atom. The van der Waals surface area contributed by atoms with E-state index in [1.807, 2.05) is 0 Å². The normalized spacial score (nSPS) is 14.4. The zero-order chi connectivity index (χ0) is 12.3. The summed E-state index contributed by atoms with van der Waals surface area (Å²) < 4.78 is 35.5. The van der Waals surface area contributed by atoms with Crippen molar-refractivity contribution in [2.75, 3.05) is 6.54 Å². The highest BCUT2D eigenvalue weighted by Crippen LogP contribution is 2.23. The van der Waals surface area contributed by atoms with Gasteiger partial charge in [-0.25, -0.2) is 0 Å². The van der Waals surface area contributed by atoms with Gasteiger partial charge in [-0.05, 0) is 40.7 Å². The van der Waals surface area contributed by atoms with Crippen LogP contribution in [0.3, 0.4) is 0 Å². The Morgan fingerprint density at radius 2 is 1.53 bits per heavy atom. The van der Waals surface area contributed by atoms with Crippen LogP contribution in [0.1, 0.15) is 40.5 Å². The molecule has 0 rings (SSSR count). The van der Waals surface area contributed by atoms with Gasteiger partial charge in [0.25, 0.3) is 0 Å². The first kappa shape index (κ1) is 14.7. The number of rotatable bonds is 5. The molecule has 0 aromatic rings. The molecule has 0 aromatic heterocycles. The molecule has 0 bridgehead atoms. The van der Waals surface area contributed by atoms with E-state index in [2.05, 4.69) is 5.32 Å². The fourth-order valence-corrected chi connectivity index (χ4v) is 0.906. The third-order valence-electron chi connectivity index (χ3n) is 2.73. The number of hydrogen-bond acceptors (Lipinski definition) is 2. The van der Waals surface area contributed by atoms with Crippen LogP contribution in [-0.4, -0.2) is 29.0 Å². The molecule has 2 N–H and O–H groups in total. The second-order valence-corrected chi connectivity index (χ2v) is 4.83. The lowest BCUT2D eigenvalue weighted by molar-refractivity contribution is -0.135. The average Bonchev–Trinajstić information content (AvgIpc) is 1.94. The number of hydrogen-bond donors (Lipinski definition) is 2. The summed E-state index contributed by atoms with van der Waals surface area (Å²) in [5.74, 6) is 0. The molecule has 92 valence electrons. The van der Waals surface area contributed by atoms with Crippen molar-refractivity contribution in [1.29, 1.82) is 0 Å². The number of alkyl halides is 3. The van der Waals surface area contributed by atoms with Crippen molar-refractivity contribution < 1.29 is 18.3 Å². The summed E-state index contributed by atoms with van der Waals surface area (Å²) in [4.78, 5) is 0. The summed E-state index contributed by atoms with van der Waals surface area (Å²) in [5.41, 5.74) is -1.57. The third kappa shape index (κ3) is 5.99. The lowest BCUT2D eigenvalue weighted by atomic mass is 9.86. The Kier molecular flexibility index (Phi) is 4.61. The lowest BCUT2D eigenvalue weighted by Gasteiger charge is -2.38. The number of aliphatic hydroxyl groups is 1. The molecule has 0 atom stereocenters. The summed E-state index contributed by atoms with van der Waals surface area (Å²) in [6, 6.07) is 0. The summed E-state index contributed by atoms with van der Waals surface area (Å²) in [6.45, 7) is 7.03. The van der Waals surface area contributed by atoms with Crippen LogP contribution in [0.2, 0.25) is 0 Å². The predicted molar refractivity (Wildman–Crippen MR) is 53.7 cm³/mol. The van der Waals surface area contributed by atoms with Crippen molar-refractivity contribution in [3.05, 3.63) is 0 Å². The Bertz CT molecular complexity index is 194. The van der Waals surface area contributed by atoms with Gasteiger partial charge in [0.05, 0.1) is 5.60 Å². The van der Waals surface area contributed by atoms with Crippen molar-refractivity contribution in [3.63, 3.8) is 0 Å². The molecule has 0 unspecified atom stereocenters. The van der Waals surface area contributed by atoms with Gasteiger partial charge in [0, 0.05) is 12.0 Å². The SMILES string of the molecule is CC(C)(O)C(C)(C)NCCCC(F)(F)F. The summed E-state index contributed by atoms with van der Waals surface area (Å²) in [5, 5.41) is 12.6. The van der Waals surface area contributed by atoms with Gasteiger partial charge < -0.3 is 10.4 Å². The van der Waals surface area contributed by atoms with Gasteiger partial charge in [-0.1, -0.05) is 0 Å². The Balaban J connectivity index is 3.87. The van der Waals surface area contributed by atoms with Crippen LogP contribution >= 0.6 is 0 Å². The van der Waals surface area contributed by atoms with Crippen LogP contribution in [0.4, 0.5) is 13.2 Å². The van der Waals surface area contributed by atoms with E-state index in [9.17, 15) is 18.3 Å². The molecule has 0 aliphatic rings. The zero-order valence-corrected chi connectivity index (χ0v) is 9.70. The molecular weight excluding hydrogens is 207 g/mol. The molecule has 0 amide bonds. The molecule has 0 spiro atoms. The zero-order valence-electron chi connectivity index (χ0n) is 9.70. The molecular formula is C10H20F3NO. The fourth-order valence-electron chi connectivity index (χ4n) is 0.906. The monoisotopic (exact) mass is 227 g/mol. The standard InChI is InChI=1S/C10H20F3NO/c1-8(2,9(3,4)15)14-7-5-6-10(11,12)13/h14-15H,5-7H2,1-4H3. The average molecular weight is 227 g/mol. The number of halogens is 3. The van der Waals surface area contributed by atoms with Gasteiger partial charge in [0.15, 0.2) is 0 Å². The summed E-state index contributed by atoms with van der Waals surface area (Å²) in [6.07, 6.45) is -4.86. The van der Waals surface area contributed by atoms with Crippen LogP contribution in [0, 0.1) is 0 Å². The second kappa shape index (κ2) is 4.70. The maximum atomic E-state index is 11.8. The smallest absolute Gasteiger partial charge is 0.389 e. The quantitative estimate of drug-likeness (QED) is 0.707. The molecule has 5 heteroatoms. The van der Waals surface area contributed by atoms with Crippen LogP contribution in [0.15, 0.2) is 0 Å². The van der Waals surface area contributed by atoms with E-state index in [0.29, 0.717) is 0 Å². The van der Waals surface area contributed by atoms with Crippen molar-refractivity contribution in [1.82, 2.24) is 5.32 Å². The van der Waals surface area contributed by atoms with E-state index in [4.69, 9.17) is 0 Å². The van der Waals surface area contributed by atoms with Crippen molar-refractivity contribution >= 4 is 0 Å². The molecule has 0 aliphatic carbocycles. The van der Waals surface area contributed by atoms with Crippen molar-refractivity contribution in [2.45, 2.75) is 57.9 Å². The van der Waals surface area contributed by atoms with E-state index in [0.717, 1.165) is 0 Å². The third-order valence-corrected chi connectivity index (χ3v) is 2.73.